The summed E-state index contributed by atoms with van der Waals surface area (Å²) in [5.41, 5.74) is 6.99. The fourth-order valence-electron chi connectivity index (χ4n) is 6.21. The van der Waals surface area contributed by atoms with Crippen molar-refractivity contribution in [3.8, 4) is 11.3 Å². The third-order valence-electron chi connectivity index (χ3n) is 8.03. The van der Waals surface area contributed by atoms with E-state index in [1.807, 2.05) is 36.0 Å². The molecule has 2 atom stereocenters. The van der Waals surface area contributed by atoms with E-state index in [0.29, 0.717) is 29.7 Å². The Bertz CT molecular complexity index is 1580. The molecule has 0 saturated carbocycles. The SMILES string of the molecule is CO[C@@H]1CC2CN(C)Cc3nc(Nc4cnc(-c5ccnc6c5ccn6C)c5c4C(=O)NC5)ccc3N2C1. The first-order valence-electron chi connectivity index (χ1n) is 13.0. The van der Waals surface area contributed by atoms with Crippen molar-refractivity contribution in [1.29, 1.82) is 0 Å². The average molecular weight is 511 g/mol. The molecule has 2 N–H and O–H groups in total. The Morgan fingerprint density at radius 2 is 2.03 bits per heavy atom. The van der Waals surface area contributed by atoms with Crippen molar-refractivity contribution in [2.45, 2.75) is 31.7 Å². The summed E-state index contributed by atoms with van der Waals surface area (Å²) in [6.45, 7) is 3.05. The number of likely N-dealkylation sites (N-methyl/N-ethyl adjacent to an activating group) is 1. The van der Waals surface area contributed by atoms with Gasteiger partial charge in [0.15, 0.2) is 0 Å². The zero-order chi connectivity index (χ0) is 26.0. The average Bonchev–Trinajstić information content (AvgIpc) is 3.60. The first kappa shape index (κ1) is 23.1. The van der Waals surface area contributed by atoms with E-state index in [4.69, 9.17) is 14.7 Å². The van der Waals surface area contributed by atoms with Gasteiger partial charge in [-0.05, 0) is 37.7 Å². The van der Waals surface area contributed by atoms with Gasteiger partial charge in [-0.3, -0.25) is 14.7 Å². The Hall–Kier alpha value is -4.02. The van der Waals surface area contributed by atoms with Crippen molar-refractivity contribution < 1.29 is 9.53 Å². The fraction of sp³-hybridized carbons (Fsp3) is 0.357. The van der Waals surface area contributed by atoms with E-state index < -0.39 is 0 Å². The molecule has 4 aromatic rings. The number of ether oxygens (including phenoxy) is 1. The lowest BCUT2D eigenvalue weighted by atomic mass is 10.0. The summed E-state index contributed by atoms with van der Waals surface area (Å²) in [6, 6.07) is 8.55. The minimum absolute atomic E-state index is 0.107. The van der Waals surface area contributed by atoms with Crippen LogP contribution in [0.2, 0.25) is 0 Å². The van der Waals surface area contributed by atoms with Gasteiger partial charge < -0.3 is 24.8 Å². The van der Waals surface area contributed by atoms with Crippen molar-refractivity contribution >= 4 is 34.1 Å². The maximum atomic E-state index is 13.0. The predicted molar refractivity (Wildman–Crippen MR) is 146 cm³/mol. The molecule has 10 heteroatoms. The summed E-state index contributed by atoms with van der Waals surface area (Å²) >= 11 is 0. The molecule has 3 aliphatic rings. The molecule has 0 spiro atoms. The molecule has 10 nitrogen and oxygen atoms in total. The first-order chi connectivity index (χ1) is 18.5. The molecule has 1 saturated heterocycles. The molecule has 3 aliphatic heterocycles. The molecule has 194 valence electrons. The van der Waals surface area contributed by atoms with Gasteiger partial charge in [0.1, 0.15) is 11.5 Å². The van der Waals surface area contributed by atoms with Gasteiger partial charge in [0.2, 0.25) is 0 Å². The number of nitrogens with zero attached hydrogens (tertiary/aromatic N) is 6. The Morgan fingerprint density at radius 3 is 2.89 bits per heavy atom. The van der Waals surface area contributed by atoms with Crippen molar-refractivity contribution in [2.24, 2.45) is 7.05 Å². The van der Waals surface area contributed by atoms with Crippen LogP contribution in [0, 0.1) is 0 Å². The lowest BCUT2D eigenvalue weighted by Gasteiger charge is -2.26. The van der Waals surface area contributed by atoms with Crippen LogP contribution in [0.25, 0.3) is 22.3 Å². The summed E-state index contributed by atoms with van der Waals surface area (Å²) in [5, 5.41) is 7.41. The van der Waals surface area contributed by atoms with E-state index in [9.17, 15) is 4.79 Å². The number of aryl methyl sites for hydroxylation is 1. The van der Waals surface area contributed by atoms with Crippen LogP contribution >= 0.6 is 0 Å². The zero-order valence-corrected chi connectivity index (χ0v) is 21.7. The van der Waals surface area contributed by atoms with Gasteiger partial charge >= 0.3 is 0 Å². The van der Waals surface area contributed by atoms with Crippen LogP contribution in [0.5, 0.6) is 0 Å². The van der Waals surface area contributed by atoms with Crippen LogP contribution in [-0.4, -0.2) is 69.7 Å². The topological polar surface area (TPSA) is 100 Å². The molecule has 7 heterocycles. The number of nitrogens with one attached hydrogen (secondary N) is 2. The second-order valence-corrected chi connectivity index (χ2v) is 10.5. The number of anilines is 3. The highest BCUT2D eigenvalue weighted by Crippen LogP contribution is 2.37. The number of carbonyl (C=O) groups is 1. The van der Waals surface area contributed by atoms with Crippen molar-refractivity contribution in [1.82, 2.24) is 29.7 Å². The molecular formula is C28H30N8O2. The normalized spacial score (nSPS) is 20.7. The smallest absolute Gasteiger partial charge is 0.254 e. The summed E-state index contributed by atoms with van der Waals surface area (Å²) in [5.74, 6) is 0.591. The minimum Gasteiger partial charge on any atom is -0.380 e. The van der Waals surface area contributed by atoms with E-state index in [2.05, 4.69) is 38.5 Å². The van der Waals surface area contributed by atoms with Crippen LogP contribution in [0.3, 0.4) is 0 Å². The Kier molecular flexibility index (Phi) is 5.34. The first-order valence-corrected chi connectivity index (χ1v) is 13.0. The van der Waals surface area contributed by atoms with Crippen LogP contribution in [-0.2, 0) is 24.9 Å². The number of amides is 1. The summed E-state index contributed by atoms with van der Waals surface area (Å²) < 4.78 is 7.66. The maximum Gasteiger partial charge on any atom is 0.254 e. The van der Waals surface area contributed by atoms with Gasteiger partial charge in [-0.15, -0.1) is 0 Å². The Labute approximate surface area is 220 Å². The highest BCUT2D eigenvalue weighted by Gasteiger charge is 2.36. The molecule has 0 aliphatic carbocycles. The number of hydrogen-bond acceptors (Lipinski definition) is 8. The molecule has 1 fully saturated rings. The lowest BCUT2D eigenvalue weighted by molar-refractivity contribution is 0.0966. The van der Waals surface area contributed by atoms with Crippen LogP contribution in [0.4, 0.5) is 17.2 Å². The number of hydrogen-bond donors (Lipinski definition) is 2. The standard InChI is InChI=1S/C28H30N8O2/c1-34-13-16-10-17(38-3)14-36(16)23-4-5-24(33-22(23)15-34)32-21-12-30-26(20-11-31-28(37)25(20)21)18-6-8-29-27-19(18)7-9-35(27)2/h4-9,12,16-17H,10-11,13-15H2,1-3H3,(H,31,37)(H,32,33)/t16?,17-/m1/s1. The van der Waals surface area contributed by atoms with E-state index >= 15 is 0 Å². The molecular weight excluding hydrogens is 480 g/mol. The van der Waals surface area contributed by atoms with Crippen molar-refractivity contribution in [3.05, 3.63) is 59.7 Å². The molecule has 0 aromatic carbocycles. The van der Waals surface area contributed by atoms with Gasteiger partial charge in [-0.1, -0.05) is 0 Å². The quantitative estimate of drug-likeness (QED) is 0.432. The molecule has 0 bridgehead atoms. The Morgan fingerprint density at radius 1 is 1.13 bits per heavy atom. The number of fused-ring (bicyclic) bond motifs is 5. The molecule has 4 aromatic heterocycles. The predicted octanol–water partition coefficient (Wildman–Crippen LogP) is 3.06. The van der Waals surface area contributed by atoms with Gasteiger partial charge in [0.25, 0.3) is 5.91 Å². The van der Waals surface area contributed by atoms with E-state index in [1.165, 1.54) is 0 Å². The second-order valence-electron chi connectivity index (χ2n) is 10.5. The van der Waals surface area contributed by atoms with E-state index in [0.717, 1.165) is 65.3 Å². The third-order valence-corrected chi connectivity index (χ3v) is 8.03. The lowest BCUT2D eigenvalue weighted by Crippen LogP contribution is -2.35. The van der Waals surface area contributed by atoms with Gasteiger partial charge in [0.05, 0.1) is 40.6 Å². The number of aromatic nitrogens is 4. The highest BCUT2D eigenvalue weighted by atomic mass is 16.5. The number of pyridine rings is 3. The van der Waals surface area contributed by atoms with Gasteiger partial charge in [-0.2, -0.15) is 0 Å². The minimum atomic E-state index is -0.107. The highest BCUT2D eigenvalue weighted by molar-refractivity contribution is 6.06. The number of rotatable bonds is 4. The summed E-state index contributed by atoms with van der Waals surface area (Å²) in [7, 11) is 5.90. The van der Waals surface area contributed by atoms with E-state index in [-0.39, 0.29) is 12.0 Å². The number of methoxy groups -OCH3 is 1. The monoisotopic (exact) mass is 510 g/mol. The summed E-state index contributed by atoms with van der Waals surface area (Å²) in [6.07, 6.45) is 6.78. The van der Waals surface area contributed by atoms with Crippen molar-refractivity contribution in [2.75, 3.05) is 37.5 Å². The Balaban J connectivity index is 1.25. The second kappa shape index (κ2) is 8.78. The fourth-order valence-corrected chi connectivity index (χ4v) is 6.21. The van der Waals surface area contributed by atoms with Crippen molar-refractivity contribution in [3.63, 3.8) is 0 Å². The zero-order valence-electron chi connectivity index (χ0n) is 21.7. The van der Waals surface area contributed by atoms with Crippen LogP contribution in [0.15, 0.2) is 42.9 Å². The van der Waals surface area contributed by atoms with Gasteiger partial charge in [0, 0.05) is 75.3 Å². The third kappa shape index (κ3) is 3.63. The maximum absolute atomic E-state index is 13.0. The largest absolute Gasteiger partial charge is 0.380 e. The summed E-state index contributed by atoms with van der Waals surface area (Å²) in [4.78, 5) is 32.1. The van der Waals surface area contributed by atoms with E-state index in [1.54, 1.807) is 19.5 Å². The molecule has 0 radical (unpaired) electrons. The number of carbonyl (C=O) groups excluding carboxylic acids is 1. The molecule has 1 amide bonds. The molecule has 1 unspecified atom stereocenters. The molecule has 7 rings (SSSR count). The molecule has 38 heavy (non-hydrogen) atoms. The van der Waals surface area contributed by atoms with Gasteiger partial charge in [-0.25, -0.2) is 9.97 Å². The van der Waals surface area contributed by atoms with Crippen LogP contribution in [0.1, 0.15) is 28.0 Å². The van der Waals surface area contributed by atoms with Crippen LogP contribution < -0.4 is 15.5 Å².